The molecule has 30 heavy (non-hydrogen) atoms. The van der Waals surface area contributed by atoms with E-state index in [2.05, 4.69) is 77.5 Å². The fraction of sp³-hybridized carbons (Fsp3) is 0.409. The molecule has 0 amide bonds. The Hall–Kier alpha value is -2.55. The van der Waals surface area contributed by atoms with Crippen molar-refractivity contribution in [2.75, 3.05) is 38.3 Å². The van der Waals surface area contributed by atoms with Gasteiger partial charge in [-0.25, -0.2) is 4.68 Å². The molecule has 158 valence electrons. The fourth-order valence-corrected chi connectivity index (χ4v) is 4.01. The Labute approximate surface area is 182 Å². The number of hydrogen-bond acceptors (Lipinski definition) is 6. The molecule has 0 spiro atoms. The lowest BCUT2D eigenvalue weighted by molar-refractivity contribution is 0.122. The average Bonchev–Trinajstić information content (AvgIpc) is 3.09. The van der Waals surface area contributed by atoms with E-state index in [4.69, 9.17) is 17.0 Å². The highest BCUT2D eigenvalue weighted by atomic mass is 32.1. The van der Waals surface area contributed by atoms with Crippen molar-refractivity contribution in [2.24, 2.45) is 0 Å². The van der Waals surface area contributed by atoms with Crippen LogP contribution in [0.3, 0.4) is 0 Å². The molecule has 0 atom stereocenters. The van der Waals surface area contributed by atoms with Gasteiger partial charge in [0, 0.05) is 25.3 Å². The van der Waals surface area contributed by atoms with Gasteiger partial charge in [-0.1, -0.05) is 29.8 Å². The summed E-state index contributed by atoms with van der Waals surface area (Å²) in [6.07, 6.45) is 0. The number of morpholine rings is 1. The zero-order chi connectivity index (χ0) is 21.1. The number of hydrogen-bond donors (Lipinski definition) is 0. The topological polar surface area (TPSA) is 51.4 Å². The monoisotopic (exact) mass is 424 g/mol. The van der Waals surface area contributed by atoms with Crippen LogP contribution in [-0.4, -0.2) is 58.0 Å². The molecule has 1 saturated heterocycles. The van der Waals surface area contributed by atoms with E-state index in [0.29, 0.717) is 11.4 Å². The maximum atomic E-state index is 5.63. The van der Waals surface area contributed by atoms with Gasteiger partial charge in [-0.3, -0.25) is 4.90 Å². The molecule has 0 radical (unpaired) electrons. The number of anilines is 1. The Balaban J connectivity index is 1.41. The summed E-state index contributed by atoms with van der Waals surface area (Å²) in [5.74, 6) is 0. The Morgan fingerprint density at radius 3 is 2.47 bits per heavy atom. The zero-order valence-electron chi connectivity index (χ0n) is 17.8. The molecule has 2 heterocycles. The van der Waals surface area contributed by atoms with Gasteiger partial charge >= 0.3 is 0 Å². The zero-order valence-corrected chi connectivity index (χ0v) is 18.6. The Morgan fingerprint density at radius 1 is 1.03 bits per heavy atom. The summed E-state index contributed by atoms with van der Waals surface area (Å²) in [4.78, 5) is 4.54. The lowest BCUT2D eigenvalue weighted by atomic mass is 10.1. The van der Waals surface area contributed by atoms with Gasteiger partial charge in [-0.15, -0.1) is 0 Å². The highest BCUT2D eigenvalue weighted by molar-refractivity contribution is 7.71. The molecule has 0 bridgehead atoms. The van der Waals surface area contributed by atoms with Crippen molar-refractivity contribution in [1.82, 2.24) is 24.7 Å². The number of ether oxygens (including phenoxy) is 1. The van der Waals surface area contributed by atoms with Crippen molar-refractivity contribution < 1.29 is 4.74 Å². The molecule has 3 aromatic rings. The summed E-state index contributed by atoms with van der Waals surface area (Å²) < 4.78 is 9.52. The van der Waals surface area contributed by atoms with Crippen molar-refractivity contribution in [1.29, 1.82) is 0 Å². The van der Waals surface area contributed by atoms with Crippen molar-refractivity contribution in [3.8, 4) is 5.69 Å². The molecule has 1 aliphatic rings. The van der Waals surface area contributed by atoms with Gasteiger partial charge in [0.15, 0.2) is 0 Å². The second-order valence-electron chi connectivity index (χ2n) is 7.88. The number of aryl methyl sites for hydroxylation is 2. The van der Waals surface area contributed by atoms with Crippen LogP contribution >= 0.6 is 12.2 Å². The number of rotatable bonds is 6. The molecule has 0 aliphatic carbocycles. The van der Waals surface area contributed by atoms with E-state index in [9.17, 15) is 0 Å². The highest BCUT2D eigenvalue weighted by Gasteiger charge is 2.12. The summed E-state index contributed by atoms with van der Waals surface area (Å²) in [6.45, 7) is 9.03. The maximum absolute atomic E-state index is 5.63. The molecular formula is C22H28N6OS. The van der Waals surface area contributed by atoms with E-state index >= 15 is 0 Å². The second-order valence-corrected chi connectivity index (χ2v) is 8.25. The van der Waals surface area contributed by atoms with Crippen LogP contribution in [0.5, 0.6) is 0 Å². The number of aromatic nitrogens is 4. The van der Waals surface area contributed by atoms with Crippen LogP contribution in [0, 0.1) is 18.6 Å². The van der Waals surface area contributed by atoms with Crippen LogP contribution in [0.25, 0.3) is 5.69 Å². The largest absolute Gasteiger partial charge is 0.378 e. The summed E-state index contributed by atoms with van der Waals surface area (Å²) in [6, 6.07) is 15.0. The number of nitrogens with zero attached hydrogens (tertiary/aromatic N) is 6. The first-order valence-corrected chi connectivity index (χ1v) is 10.6. The summed E-state index contributed by atoms with van der Waals surface area (Å²) in [5, 5.41) is 8.56. The van der Waals surface area contributed by atoms with E-state index in [1.807, 2.05) is 6.07 Å². The van der Waals surface area contributed by atoms with Crippen LogP contribution in [0.1, 0.15) is 16.7 Å². The highest BCUT2D eigenvalue weighted by Crippen LogP contribution is 2.18. The average molecular weight is 425 g/mol. The van der Waals surface area contributed by atoms with Crippen LogP contribution in [0.2, 0.25) is 0 Å². The SMILES string of the molecule is Cc1ccc(-n2nnn(CN(C)Cc3ccc(N4CCOCC4)cc3)c2=S)c(C)c1. The van der Waals surface area contributed by atoms with Gasteiger partial charge in [0.05, 0.1) is 25.6 Å². The Morgan fingerprint density at radius 2 is 1.77 bits per heavy atom. The standard InChI is InChI=1S/C22H28N6OS/c1-17-4-9-21(18(2)14-17)28-22(30)27(23-24-28)16-25(3)15-19-5-7-20(8-6-19)26-10-12-29-13-11-26/h4-9,14H,10-13,15-16H2,1-3H3. The van der Waals surface area contributed by atoms with E-state index in [1.54, 1.807) is 9.36 Å². The third-order valence-electron chi connectivity index (χ3n) is 5.36. The lowest BCUT2D eigenvalue weighted by Crippen LogP contribution is -2.36. The third-order valence-corrected chi connectivity index (χ3v) is 5.74. The van der Waals surface area contributed by atoms with Gasteiger partial charge in [0.1, 0.15) is 0 Å². The first-order chi connectivity index (χ1) is 14.5. The minimum absolute atomic E-state index is 0.578. The predicted octanol–water partition coefficient (Wildman–Crippen LogP) is 3.34. The molecule has 2 aromatic carbocycles. The van der Waals surface area contributed by atoms with Crippen LogP contribution in [0.4, 0.5) is 5.69 Å². The van der Waals surface area contributed by atoms with Gasteiger partial charge < -0.3 is 9.64 Å². The summed E-state index contributed by atoms with van der Waals surface area (Å²) >= 11 is 5.63. The van der Waals surface area contributed by atoms with Crippen molar-refractivity contribution in [3.63, 3.8) is 0 Å². The number of tetrazole rings is 1. The molecule has 1 aromatic heterocycles. The smallest absolute Gasteiger partial charge is 0.221 e. The van der Waals surface area contributed by atoms with E-state index in [0.717, 1.165) is 44.1 Å². The number of benzene rings is 2. The van der Waals surface area contributed by atoms with Gasteiger partial charge in [-0.05, 0) is 72.9 Å². The minimum Gasteiger partial charge on any atom is -0.378 e. The maximum Gasteiger partial charge on any atom is 0.221 e. The van der Waals surface area contributed by atoms with Crippen LogP contribution in [0.15, 0.2) is 42.5 Å². The van der Waals surface area contributed by atoms with Gasteiger partial charge in [0.25, 0.3) is 0 Å². The fourth-order valence-electron chi connectivity index (χ4n) is 3.78. The van der Waals surface area contributed by atoms with Crippen LogP contribution in [-0.2, 0) is 18.0 Å². The van der Waals surface area contributed by atoms with E-state index < -0.39 is 0 Å². The van der Waals surface area contributed by atoms with Crippen molar-refractivity contribution in [2.45, 2.75) is 27.1 Å². The summed E-state index contributed by atoms with van der Waals surface area (Å²) in [7, 11) is 2.06. The molecule has 4 rings (SSSR count). The van der Waals surface area contributed by atoms with Crippen LogP contribution < -0.4 is 4.90 Å². The minimum atomic E-state index is 0.578. The Bertz CT molecular complexity index is 1050. The molecule has 1 aliphatic heterocycles. The molecule has 0 saturated carbocycles. The van der Waals surface area contributed by atoms with E-state index in [1.165, 1.54) is 16.8 Å². The van der Waals surface area contributed by atoms with Crippen molar-refractivity contribution in [3.05, 3.63) is 63.9 Å². The first-order valence-electron chi connectivity index (χ1n) is 10.2. The quantitative estimate of drug-likeness (QED) is 0.566. The third kappa shape index (κ3) is 4.61. The molecule has 0 N–H and O–H groups in total. The molecule has 7 nitrogen and oxygen atoms in total. The Kier molecular flexibility index (Phi) is 6.26. The van der Waals surface area contributed by atoms with Gasteiger partial charge in [0.2, 0.25) is 4.77 Å². The second kappa shape index (κ2) is 9.07. The normalized spacial score (nSPS) is 14.5. The van der Waals surface area contributed by atoms with Gasteiger partial charge in [-0.2, -0.15) is 4.68 Å². The summed E-state index contributed by atoms with van der Waals surface area (Å²) in [5.41, 5.74) is 5.82. The van der Waals surface area contributed by atoms with Crippen molar-refractivity contribution >= 4 is 17.9 Å². The lowest BCUT2D eigenvalue weighted by Gasteiger charge is -2.29. The predicted molar refractivity (Wildman–Crippen MR) is 121 cm³/mol. The molecule has 1 fully saturated rings. The molecular weight excluding hydrogens is 396 g/mol. The molecule has 0 unspecified atom stereocenters. The first kappa shape index (κ1) is 20.7. The molecule has 8 heteroatoms. The van der Waals surface area contributed by atoms with E-state index in [-0.39, 0.29) is 0 Å².